The number of fused-ring (bicyclic) bond motifs is 1. The predicted molar refractivity (Wildman–Crippen MR) is 130 cm³/mol. The van der Waals surface area contributed by atoms with Gasteiger partial charge in [-0.25, -0.2) is 9.87 Å². The Morgan fingerprint density at radius 1 is 1.06 bits per heavy atom. The van der Waals surface area contributed by atoms with E-state index in [4.69, 9.17) is 4.33 Å². The zero-order valence-electron chi connectivity index (χ0n) is 18.4. The zero-order valence-corrected chi connectivity index (χ0v) is 19.2. The van der Waals surface area contributed by atoms with Gasteiger partial charge in [0.2, 0.25) is 5.91 Å². The number of ketones is 1. The Morgan fingerprint density at radius 2 is 1.79 bits per heavy atom. The number of amides is 1. The molecule has 0 aliphatic heterocycles. The zero-order chi connectivity index (χ0) is 24.1. The minimum absolute atomic E-state index is 0.00563. The van der Waals surface area contributed by atoms with E-state index in [1.807, 2.05) is 6.07 Å². The standard InChI is InChI=1S/C25H21N3O5S/c1-16(29)18-6-3-17(4-7-18)5-14-24(30)26-20-10-8-19(9-11-20)25-27-22-13-12-21(34-33-32-2)15-23(22)28(25)31/h3-15,31H,1-2H3,(H,26,30). The average Bonchev–Trinajstić information content (AvgIpc) is 3.18. The number of nitrogens with one attached hydrogen (secondary N) is 1. The van der Waals surface area contributed by atoms with Gasteiger partial charge in [0.05, 0.1) is 24.7 Å². The minimum Gasteiger partial charge on any atom is -0.426 e. The number of hydrogen-bond acceptors (Lipinski definition) is 7. The van der Waals surface area contributed by atoms with Crippen molar-refractivity contribution in [2.24, 2.45) is 0 Å². The molecule has 9 heteroatoms. The maximum atomic E-state index is 12.3. The summed E-state index contributed by atoms with van der Waals surface area (Å²) in [7, 11) is 1.41. The summed E-state index contributed by atoms with van der Waals surface area (Å²) in [6.07, 6.45) is 3.10. The van der Waals surface area contributed by atoms with Gasteiger partial charge in [0, 0.05) is 27.8 Å². The smallest absolute Gasteiger partial charge is 0.248 e. The van der Waals surface area contributed by atoms with E-state index in [-0.39, 0.29) is 11.7 Å². The third kappa shape index (κ3) is 5.34. The lowest BCUT2D eigenvalue weighted by molar-refractivity contribution is -0.160. The second-order valence-corrected chi connectivity index (χ2v) is 8.07. The number of aromatic nitrogens is 2. The van der Waals surface area contributed by atoms with Gasteiger partial charge in [-0.2, -0.15) is 9.06 Å². The van der Waals surface area contributed by atoms with Gasteiger partial charge < -0.3 is 10.5 Å². The molecule has 34 heavy (non-hydrogen) atoms. The Kier molecular flexibility index (Phi) is 7.07. The van der Waals surface area contributed by atoms with Crippen molar-refractivity contribution in [2.75, 3.05) is 12.4 Å². The molecule has 1 amide bonds. The first-order chi connectivity index (χ1) is 16.4. The highest BCUT2D eigenvalue weighted by atomic mass is 32.2. The second-order valence-electron chi connectivity index (χ2n) is 7.29. The molecule has 0 atom stereocenters. The SMILES string of the molecule is COOSc1ccc2nc(-c3ccc(NC(=O)C=Cc4ccc(C(C)=O)cc4)cc3)n(O)c2c1. The van der Waals surface area contributed by atoms with E-state index >= 15 is 0 Å². The van der Waals surface area contributed by atoms with Crippen LogP contribution in [0.2, 0.25) is 0 Å². The summed E-state index contributed by atoms with van der Waals surface area (Å²) in [5.41, 5.74) is 3.86. The van der Waals surface area contributed by atoms with Crippen molar-refractivity contribution in [1.29, 1.82) is 0 Å². The maximum Gasteiger partial charge on any atom is 0.248 e. The van der Waals surface area contributed by atoms with Crippen LogP contribution in [0.3, 0.4) is 0 Å². The van der Waals surface area contributed by atoms with Crippen LogP contribution in [0.5, 0.6) is 0 Å². The third-order valence-electron chi connectivity index (χ3n) is 4.96. The predicted octanol–water partition coefficient (Wildman–Crippen LogP) is 5.38. The fraction of sp³-hybridized carbons (Fsp3) is 0.0800. The van der Waals surface area contributed by atoms with Gasteiger partial charge in [-0.3, -0.25) is 9.59 Å². The van der Waals surface area contributed by atoms with Crippen LogP contribution in [0, 0.1) is 0 Å². The van der Waals surface area contributed by atoms with E-state index < -0.39 is 0 Å². The van der Waals surface area contributed by atoms with Gasteiger partial charge in [0.1, 0.15) is 5.52 Å². The number of carbonyl (C=O) groups is 2. The fourth-order valence-electron chi connectivity index (χ4n) is 3.24. The summed E-state index contributed by atoms with van der Waals surface area (Å²) in [6.45, 7) is 1.51. The summed E-state index contributed by atoms with van der Waals surface area (Å²) in [4.78, 5) is 33.4. The molecular formula is C25H21N3O5S. The van der Waals surface area contributed by atoms with Gasteiger partial charge in [-0.15, -0.1) is 0 Å². The molecule has 0 spiro atoms. The molecule has 3 aromatic carbocycles. The molecule has 4 rings (SSSR count). The van der Waals surface area contributed by atoms with Gasteiger partial charge in [0.25, 0.3) is 0 Å². The molecule has 0 bridgehead atoms. The molecule has 2 N–H and O–H groups in total. The molecule has 1 heterocycles. The topological polar surface area (TPSA) is 103 Å². The molecule has 4 aromatic rings. The van der Waals surface area contributed by atoms with Crippen molar-refractivity contribution in [3.63, 3.8) is 0 Å². The van der Waals surface area contributed by atoms with E-state index in [1.54, 1.807) is 66.7 Å². The van der Waals surface area contributed by atoms with Crippen LogP contribution >= 0.6 is 12.0 Å². The Bertz CT molecular complexity index is 1360. The van der Waals surface area contributed by atoms with Crippen molar-refractivity contribution in [1.82, 2.24) is 9.71 Å². The van der Waals surface area contributed by atoms with E-state index in [1.165, 1.54) is 20.1 Å². The lowest BCUT2D eigenvalue weighted by Gasteiger charge is -2.05. The highest BCUT2D eigenvalue weighted by molar-refractivity contribution is 7.94. The monoisotopic (exact) mass is 475 g/mol. The summed E-state index contributed by atoms with van der Waals surface area (Å²) >= 11 is 1.03. The van der Waals surface area contributed by atoms with Crippen molar-refractivity contribution in [2.45, 2.75) is 11.8 Å². The highest BCUT2D eigenvalue weighted by Crippen LogP contribution is 2.28. The number of benzene rings is 3. The quantitative estimate of drug-likeness (QED) is 0.0881. The van der Waals surface area contributed by atoms with Crippen LogP contribution in [0.25, 0.3) is 28.5 Å². The number of Topliss-reactive ketones (excluding diaryl/α,β-unsaturated/α-hetero) is 1. The number of nitrogens with zero attached hydrogens (tertiary/aromatic N) is 2. The largest absolute Gasteiger partial charge is 0.426 e. The molecule has 0 saturated carbocycles. The van der Waals surface area contributed by atoms with Gasteiger partial charge in [0.15, 0.2) is 11.6 Å². The number of rotatable bonds is 8. The first kappa shape index (κ1) is 23.2. The molecule has 0 unspecified atom stereocenters. The Labute approximate surface area is 199 Å². The van der Waals surface area contributed by atoms with E-state index in [9.17, 15) is 14.8 Å². The van der Waals surface area contributed by atoms with Crippen molar-refractivity contribution >= 4 is 46.5 Å². The molecule has 0 aliphatic rings. The first-order valence-electron chi connectivity index (χ1n) is 10.2. The van der Waals surface area contributed by atoms with Crippen LogP contribution in [0.1, 0.15) is 22.8 Å². The van der Waals surface area contributed by atoms with Gasteiger partial charge in [-0.05, 0) is 61.0 Å². The molecule has 0 fully saturated rings. The summed E-state index contributed by atoms with van der Waals surface area (Å²) in [5.74, 6) is 0.0756. The maximum absolute atomic E-state index is 12.3. The molecule has 172 valence electrons. The Morgan fingerprint density at radius 3 is 2.47 bits per heavy atom. The Balaban J connectivity index is 1.44. The van der Waals surface area contributed by atoms with Crippen molar-refractivity contribution in [3.05, 3.63) is 83.9 Å². The molecular weight excluding hydrogens is 454 g/mol. The molecule has 8 nitrogen and oxygen atoms in total. The lowest BCUT2D eigenvalue weighted by atomic mass is 10.1. The van der Waals surface area contributed by atoms with Crippen molar-refractivity contribution in [3.8, 4) is 11.4 Å². The van der Waals surface area contributed by atoms with Gasteiger partial charge >= 0.3 is 0 Å². The second kappa shape index (κ2) is 10.3. The normalized spacial score (nSPS) is 11.2. The van der Waals surface area contributed by atoms with Crippen LogP contribution in [0.15, 0.2) is 77.7 Å². The summed E-state index contributed by atoms with van der Waals surface area (Å²) in [6, 6.07) is 19.3. The van der Waals surface area contributed by atoms with E-state index in [0.29, 0.717) is 33.7 Å². The highest BCUT2D eigenvalue weighted by Gasteiger charge is 2.13. The summed E-state index contributed by atoms with van der Waals surface area (Å²) in [5, 5.41) is 13.4. The lowest BCUT2D eigenvalue weighted by Crippen LogP contribution is -2.07. The van der Waals surface area contributed by atoms with E-state index in [0.717, 1.165) is 27.2 Å². The number of anilines is 1. The van der Waals surface area contributed by atoms with E-state index in [2.05, 4.69) is 15.2 Å². The number of carbonyl (C=O) groups excluding carboxylic acids is 2. The molecule has 0 aliphatic carbocycles. The molecule has 0 radical (unpaired) electrons. The van der Waals surface area contributed by atoms with Gasteiger partial charge in [-0.1, -0.05) is 24.3 Å². The third-order valence-corrected chi connectivity index (χ3v) is 5.61. The minimum atomic E-state index is -0.291. The average molecular weight is 476 g/mol. The molecule has 0 saturated heterocycles. The van der Waals surface area contributed by atoms with Crippen LogP contribution in [-0.2, 0) is 14.0 Å². The van der Waals surface area contributed by atoms with Crippen molar-refractivity contribution < 1.29 is 24.0 Å². The number of hydrogen-bond donors (Lipinski definition) is 2. The van der Waals surface area contributed by atoms with Crippen LogP contribution in [-0.4, -0.2) is 33.7 Å². The fourth-order valence-corrected chi connectivity index (χ4v) is 3.67. The Hall–Kier alpha value is -3.92. The molecule has 1 aromatic heterocycles. The van der Waals surface area contributed by atoms with Crippen LogP contribution in [0.4, 0.5) is 5.69 Å². The number of imidazole rings is 1. The van der Waals surface area contributed by atoms with Crippen LogP contribution < -0.4 is 5.32 Å². The summed E-state index contributed by atoms with van der Waals surface area (Å²) < 4.78 is 5.87. The first-order valence-corrected chi connectivity index (χ1v) is 11.0.